The Morgan fingerprint density at radius 3 is 2.73 bits per heavy atom. The molecule has 33 heavy (non-hydrogen) atoms. The maximum absolute atomic E-state index is 12.1. The van der Waals surface area contributed by atoms with Crippen molar-refractivity contribution in [2.24, 2.45) is 0 Å². The van der Waals surface area contributed by atoms with Crippen LogP contribution in [-0.4, -0.2) is 50.9 Å². The van der Waals surface area contributed by atoms with Gasteiger partial charge in [-0.15, -0.1) is 0 Å². The summed E-state index contributed by atoms with van der Waals surface area (Å²) in [5, 5.41) is 13.6. The number of hydrogen-bond acceptors (Lipinski definition) is 5. The zero-order valence-corrected chi connectivity index (χ0v) is 19.8. The molecule has 0 bridgehead atoms. The average Bonchev–Trinajstić information content (AvgIpc) is 3.32. The summed E-state index contributed by atoms with van der Waals surface area (Å²) in [5.41, 5.74) is 5.53. The molecule has 2 atom stereocenters. The van der Waals surface area contributed by atoms with E-state index >= 15 is 0 Å². The number of aryl methyl sites for hydroxylation is 1. The van der Waals surface area contributed by atoms with Crippen LogP contribution in [0.1, 0.15) is 51.5 Å². The Morgan fingerprint density at radius 1 is 1.21 bits per heavy atom. The number of pyridine rings is 1. The molecule has 3 aromatic rings. The number of hydrogen-bond donors (Lipinski definition) is 2. The fourth-order valence-corrected chi connectivity index (χ4v) is 4.93. The molecule has 172 valence electrons. The molecule has 0 amide bonds. The second-order valence-electron chi connectivity index (χ2n) is 8.10. The molecule has 0 radical (unpaired) electrons. The summed E-state index contributed by atoms with van der Waals surface area (Å²) in [6.45, 7) is 4.86. The number of aliphatic hydroxyl groups excluding tert-OH is 1. The van der Waals surface area contributed by atoms with Crippen molar-refractivity contribution in [3.8, 4) is 5.69 Å². The summed E-state index contributed by atoms with van der Waals surface area (Å²) in [6.07, 6.45) is 2.41. The molecular weight excluding hydrogens is 436 g/mol. The molecular formula is C25H28N4O3S. The third-order valence-corrected chi connectivity index (χ3v) is 6.42. The third-order valence-electron chi connectivity index (χ3n) is 6.07. The topological polar surface area (TPSA) is 79.6 Å². The van der Waals surface area contributed by atoms with E-state index in [4.69, 9.17) is 17.0 Å². The number of aliphatic hydroxyl groups is 1. The molecule has 1 aliphatic rings. The molecule has 1 aromatic carbocycles. The molecule has 0 unspecified atom stereocenters. The van der Waals surface area contributed by atoms with E-state index in [1.165, 1.54) is 7.11 Å². The first-order chi connectivity index (χ1) is 16.0. The van der Waals surface area contributed by atoms with Gasteiger partial charge in [-0.05, 0) is 74.4 Å². The lowest BCUT2D eigenvalue weighted by atomic mass is 9.96. The Balaban J connectivity index is 1.81. The SMILES string of the molecule is COC(=O)c1cccc(-n2c(C)cc([C@@H]3[C@@H](c4ccccn4)NC(=S)N3CCCO)c2C)c1. The number of nitrogens with zero attached hydrogens (tertiary/aromatic N) is 3. The molecule has 0 spiro atoms. The van der Waals surface area contributed by atoms with Crippen LogP contribution in [0.5, 0.6) is 0 Å². The largest absolute Gasteiger partial charge is 0.465 e. The van der Waals surface area contributed by atoms with Crippen LogP contribution in [0.15, 0.2) is 54.7 Å². The van der Waals surface area contributed by atoms with Crippen molar-refractivity contribution in [2.75, 3.05) is 20.3 Å². The predicted molar refractivity (Wildman–Crippen MR) is 130 cm³/mol. The van der Waals surface area contributed by atoms with Gasteiger partial charge in [0.1, 0.15) is 0 Å². The number of esters is 1. The monoisotopic (exact) mass is 464 g/mol. The molecule has 2 N–H and O–H groups in total. The van der Waals surface area contributed by atoms with E-state index in [1.54, 1.807) is 12.3 Å². The Morgan fingerprint density at radius 2 is 2.03 bits per heavy atom. The first kappa shape index (κ1) is 22.9. The fourth-order valence-electron chi connectivity index (χ4n) is 4.60. The van der Waals surface area contributed by atoms with Gasteiger partial charge in [-0.25, -0.2) is 4.79 Å². The van der Waals surface area contributed by atoms with Crippen molar-refractivity contribution < 1.29 is 14.6 Å². The Hall–Kier alpha value is -3.23. The van der Waals surface area contributed by atoms with Crippen LogP contribution in [-0.2, 0) is 4.74 Å². The van der Waals surface area contributed by atoms with Crippen LogP contribution in [0.25, 0.3) is 5.69 Å². The Labute approximate surface area is 199 Å². The summed E-state index contributed by atoms with van der Waals surface area (Å²) in [4.78, 5) is 18.8. The minimum atomic E-state index is -0.365. The van der Waals surface area contributed by atoms with Gasteiger partial charge in [0.25, 0.3) is 0 Å². The maximum atomic E-state index is 12.1. The molecule has 1 aliphatic heterocycles. The predicted octanol–water partition coefficient (Wildman–Crippen LogP) is 3.63. The maximum Gasteiger partial charge on any atom is 0.337 e. The average molecular weight is 465 g/mol. The van der Waals surface area contributed by atoms with E-state index in [0.717, 1.165) is 28.3 Å². The minimum absolute atomic E-state index is 0.0808. The molecule has 7 nitrogen and oxygen atoms in total. The lowest BCUT2D eigenvalue weighted by Gasteiger charge is -2.28. The number of thiocarbonyl (C=S) groups is 1. The van der Waals surface area contributed by atoms with Crippen LogP contribution in [0, 0.1) is 13.8 Å². The number of rotatable bonds is 7. The second kappa shape index (κ2) is 9.72. The molecule has 2 aromatic heterocycles. The molecule has 0 aliphatic carbocycles. The summed E-state index contributed by atoms with van der Waals surface area (Å²) in [5.74, 6) is -0.365. The van der Waals surface area contributed by atoms with Crippen molar-refractivity contribution >= 4 is 23.3 Å². The number of carbonyl (C=O) groups is 1. The van der Waals surface area contributed by atoms with Crippen molar-refractivity contribution in [3.05, 3.63) is 82.9 Å². The van der Waals surface area contributed by atoms with Crippen LogP contribution < -0.4 is 5.32 Å². The van der Waals surface area contributed by atoms with Gasteiger partial charge in [-0.3, -0.25) is 4.98 Å². The van der Waals surface area contributed by atoms with Gasteiger partial charge in [0, 0.05) is 36.4 Å². The molecule has 1 fully saturated rings. The highest BCUT2D eigenvalue weighted by Crippen LogP contribution is 2.41. The number of carbonyl (C=O) groups excluding carboxylic acids is 1. The van der Waals surface area contributed by atoms with Gasteiger partial charge in [0.15, 0.2) is 5.11 Å². The van der Waals surface area contributed by atoms with Gasteiger partial charge in [0.05, 0.1) is 30.5 Å². The normalized spacial score (nSPS) is 17.8. The van der Waals surface area contributed by atoms with Crippen LogP contribution >= 0.6 is 12.2 Å². The van der Waals surface area contributed by atoms with Crippen molar-refractivity contribution in [3.63, 3.8) is 0 Å². The first-order valence-electron chi connectivity index (χ1n) is 10.9. The molecule has 1 saturated heterocycles. The highest BCUT2D eigenvalue weighted by atomic mass is 32.1. The number of ether oxygens (including phenoxy) is 1. The van der Waals surface area contributed by atoms with Crippen molar-refractivity contribution in [2.45, 2.75) is 32.4 Å². The quantitative estimate of drug-likeness (QED) is 0.408. The Kier molecular flexibility index (Phi) is 6.76. The smallest absolute Gasteiger partial charge is 0.337 e. The van der Waals surface area contributed by atoms with Gasteiger partial charge in [0.2, 0.25) is 0 Å². The highest BCUT2D eigenvalue weighted by Gasteiger charge is 2.41. The first-order valence-corrected chi connectivity index (χ1v) is 11.3. The summed E-state index contributed by atoms with van der Waals surface area (Å²) < 4.78 is 7.04. The van der Waals surface area contributed by atoms with Crippen molar-refractivity contribution in [1.82, 2.24) is 19.8 Å². The number of aromatic nitrogens is 2. The van der Waals surface area contributed by atoms with Crippen LogP contribution in [0.4, 0.5) is 0 Å². The van der Waals surface area contributed by atoms with Gasteiger partial charge in [-0.2, -0.15) is 0 Å². The van der Waals surface area contributed by atoms with E-state index in [1.807, 2.05) is 36.4 Å². The van der Waals surface area contributed by atoms with Gasteiger partial charge >= 0.3 is 5.97 Å². The van der Waals surface area contributed by atoms with E-state index in [0.29, 0.717) is 23.6 Å². The lowest BCUT2D eigenvalue weighted by Crippen LogP contribution is -2.31. The highest BCUT2D eigenvalue weighted by molar-refractivity contribution is 7.80. The fraction of sp³-hybridized carbons (Fsp3) is 0.320. The Bertz CT molecular complexity index is 1160. The third kappa shape index (κ3) is 4.36. The van der Waals surface area contributed by atoms with E-state index in [9.17, 15) is 9.90 Å². The van der Waals surface area contributed by atoms with Crippen LogP contribution in [0.3, 0.4) is 0 Å². The van der Waals surface area contributed by atoms with Crippen molar-refractivity contribution in [1.29, 1.82) is 0 Å². The standard InChI is InChI=1S/C25H28N4O3S/c1-16-14-20(17(2)29(16)19-9-6-8-18(15-19)24(31)32-3)23-22(21-10-4-5-11-26-21)27-25(33)28(23)12-7-13-30/h4-6,8-11,14-15,22-23,30H,7,12-13H2,1-3H3,(H,27,33)/t22-,23-/m1/s1. The van der Waals surface area contributed by atoms with E-state index < -0.39 is 0 Å². The zero-order valence-electron chi connectivity index (χ0n) is 19.0. The molecule has 4 rings (SSSR count). The van der Waals surface area contributed by atoms with Crippen LogP contribution in [0.2, 0.25) is 0 Å². The van der Waals surface area contributed by atoms with Gasteiger partial charge < -0.3 is 24.6 Å². The zero-order chi connectivity index (χ0) is 23.5. The number of methoxy groups -OCH3 is 1. The number of benzene rings is 1. The number of nitrogens with one attached hydrogen (secondary N) is 1. The van der Waals surface area contributed by atoms with Gasteiger partial charge in [-0.1, -0.05) is 12.1 Å². The van der Waals surface area contributed by atoms with E-state index in [-0.39, 0.29) is 24.7 Å². The lowest BCUT2D eigenvalue weighted by molar-refractivity contribution is 0.0600. The molecule has 3 heterocycles. The minimum Gasteiger partial charge on any atom is -0.465 e. The second-order valence-corrected chi connectivity index (χ2v) is 8.49. The van der Waals surface area contributed by atoms with E-state index in [2.05, 4.69) is 39.7 Å². The summed E-state index contributed by atoms with van der Waals surface area (Å²) in [7, 11) is 1.38. The molecule has 8 heteroatoms. The molecule has 0 saturated carbocycles. The summed E-state index contributed by atoms with van der Waals surface area (Å²) in [6, 6.07) is 15.3. The summed E-state index contributed by atoms with van der Waals surface area (Å²) >= 11 is 5.69.